The van der Waals surface area contributed by atoms with Crippen molar-refractivity contribution in [1.82, 2.24) is 4.72 Å². The molecule has 19 heavy (non-hydrogen) atoms. The van der Waals surface area contributed by atoms with Gasteiger partial charge in [0, 0.05) is 16.9 Å². The normalized spacial score (nSPS) is 15.6. The van der Waals surface area contributed by atoms with E-state index in [0.29, 0.717) is 0 Å². The van der Waals surface area contributed by atoms with Gasteiger partial charge in [0.05, 0.1) is 11.6 Å². The summed E-state index contributed by atoms with van der Waals surface area (Å²) in [6.45, 7) is 6.91. The molecule has 0 saturated heterocycles. The maximum absolute atomic E-state index is 13.9. The second-order valence-electron chi connectivity index (χ2n) is 5.27. The number of alkyl halides is 2. The summed E-state index contributed by atoms with van der Waals surface area (Å²) in [5.41, 5.74) is -0.539. The lowest BCUT2D eigenvalue weighted by Crippen LogP contribution is -2.40. The van der Waals surface area contributed by atoms with Crippen molar-refractivity contribution in [1.29, 1.82) is 0 Å². The lowest BCUT2D eigenvalue weighted by Gasteiger charge is -2.26. The maximum atomic E-state index is 13.9. The van der Waals surface area contributed by atoms with Crippen molar-refractivity contribution in [3.63, 3.8) is 0 Å². The van der Waals surface area contributed by atoms with Crippen LogP contribution in [0.4, 0.5) is 13.2 Å². The van der Waals surface area contributed by atoms with Crippen LogP contribution < -0.4 is 4.72 Å². The van der Waals surface area contributed by atoms with Gasteiger partial charge in [-0.05, 0) is 27.7 Å². The molecule has 0 aliphatic rings. The topological polar surface area (TPSA) is 35.1 Å². The van der Waals surface area contributed by atoms with Crippen LogP contribution in [0.2, 0.25) is 0 Å². The first-order valence-electron chi connectivity index (χ1n) is 5.89. The van der Waals surface area contributed by atoms with Gasteiger partial charge in [0.2, 0.25) is 0 Å². The second kappa shape index (κ2) is 6.15. The van der Waals surface area contributed by atoms with E-state index in [9.17, 15) is 17.7 Å². The zero-order valence-electron chi connectivity index (χ0n) is 11.3. The Kier molecular flexibility index (Phi) is 5.29. The van der Waals surface area contributed by atoms with E-state index in [0.717, 1.165) is 6.07 Å². The number of hydrogen-bond acceptors (Lipinski definition) is 2. The average molecular weight is 293 g/mol. The monoisotopic (exact) mass is 293 g/mol. The summed E-state index contributed by atoms with van der Waals surface area (Å²) < 4.78 is 53.2. The fourth-order valence-corrected chi connectivity index (χ4v) is 2.27. The van der Waals surface area contributed by atoms with Crippen molar-refractivity contribution in [3.05, 3.63) is 35.1 Å². The van der Waals surface area contributed by atoms with Gasteiger partial charge in [0.25, 0.3) is 6.43 Å². The Morgan fingerprint density at radius 3 is 2.21 bits per heavy atom. The molecule has 1 aromatic rings. The van der Waals surface area contributed by atoms with Gasteiger partial charge >= 0.3 is 0 Å². The van der Waals surface area contributed by atoms with Crippen LogP contribution >= 0.6 is 0 Å². The first kappa shape index (κ1) is 16.3. The molecule has 1 rings (SSSR count). The predicted molar refractivity (Wildman–Crippen MR) is 70.8 cm³/mol. The summed E-state index contributed by atoms with van der Waals surface area (Å²) in [4.78, 5) is 0. The number of hydrogen-bond donors (Lipinski definition) is 1. The SMILES string of the molecule is C[C@@H](N[S@@+]([O-])C(C)(C)C)c1cccc(C(F)F)c1F. The molecule has 0 radical (unpaired) electrons. The van der Waals surface area contributed by atoms with E-state index in [1.807, 2.05) is 0 Å². The highest BCUT2D eigenvalue weighted by Gasteiger charge is 2.29. The van der Waals surface area contributed by atoms with Crippen LogP contribution in [0.5, 0.6) is 0 Å². The van der Waals surface area contributed by atoms with Gasteiger partial charge in [0.15, 0.2) is 0 Å². The van der Waals surface area contributed by atoms with Crippen LogP contribution in [0.15, 0.2) is 18.2 Å². The van der Waals surface area contributed by atoms with Gasteiger partial charge in [-0.3, -0.25) is 0 Å². The van der Waals surface area contributed by atoms with E-state index >= 15 is 0 Å². The Morgan fingerprint density at radius 2 is 1.74 bits per heavy atom. The fourth-order valence-electron chi connectivity index (χ4n) is 1.47. The average Bonchev–Trinajstić information content (AvgIpc) is 2.27. The molecule has 0 amide bonds. The molecule has 0 aromatic heterocycles. The Labute approximate surface area is 114 Å². The highest BCUT2D eigenvalue weighted by molar-refractivity contribution is 7.90. The van der Waals surface area contributed by atoms with Crippen LogP contribution in [0, 0.1) is 5.82 Å². The third kappa shape index (κ3) is 4.12. The molecule has 2 atom stereocenters. The van der Waals surface area contributed by atoms with Gasteiger partial charge in [0.1, 0.15) is 10.6 Å². The molecule has 108 valence electrons. The number of halogens is 3. The Morgan fingerprint density at radius 1 is 1.21 bits per heavy atom. The number of nitrogens with one attached hydrogen (secondary N) is 1. The van der Waals surface area contributed by atoms with E-state index < -0.39 is 40.0 Å². The van der Waals surface area contributed by atoms with E-state index in [1.165, 1.54) is 12.1 Å². The highest BCUT2D eigenvalue weighted by atomic mass is 32.2. The molecule has 0 bridgehead atoms. The third-order valence-corrected chi connectivity index (χ3v) is 4.28. The third-order valence-electron chi connectivity index (χ3n) is 2.60. The first-order valence-corrected chi connectivity index (χ1v) is 7.04. The summed E-state index contributed by atoms with van der Waals surface area (Å²) in [6, 6.07) is 3.23. The van der Waals surface area contributed by atoms with E-state index in [2.05, 4.69) is 4.72 Å². The number of benzene rings is 1. The molecule has 1 N–H and O–H groups in total. The van der Waals surface area contributed by atoms with Gasteiger partial charge < -0.3 is 4.55 Å². The Hall–Kier alpha value is -0.720. The molecule has 6 heteroatoms. The minimum absolute atomic E-state index is 0.0930. The zero-order chi connectivity index (χ0) is 14.8. The van der Waals surface area contributed by atoms with E-state index in [1.54, 1.807) is 27.7 Å². The van der Waals surface area contributed by atoms with Gasteiger partial charge in [-0.25, -0.2) is 13.2 Å². The lowest BCUT2D eigenvalue weighted by molar-refractivity contribution is 0.146. The van der Waals surface area contributed by atoms with Crippen LogP contribution in [0.3, 0.4) is 0 Å². The molecule has 1 aromatic carbocycles. The molecule has 2 nitrogen and oxygen atoms in total. The smallest absolute Gasteiger partial charge is 0.266 e. The fraction of sp³-hybridized carbons (Fsp3) is 0.538. The molecule has 0 heterocycles. The molecular weight excluding hydrogens is 275 g/mol. The second-order valence-corrected chi connectivity index (χ2v) is 7.27. The van der Waals surface area contributed by atoms with Gasteiger partial charge in [-0.1, -0.05) is 18.2 Å². The first-order chi connectivity index (χ1) is 8.64. The molecule has 0 aliphatic carbocycles. The van der Waals surface area contributed by atoms with Crippen molar-refractivity contribution in [2.24, 2.45) is 0 Å². The van der Waals surface area contributed by atoms with E-state index in [-0.39, 0.29) is 5.56 Å². The highest BCUT2D eigenvalue weighted by Crippen LogP contribution is 2.28. The van der Waals surface area contributed by atoms with E-state index in [4.69, 9.17) is 0 Å². The summed E-state index contributed by atoms with van der Waals surface area (Å²) in [5.74, 6) is -0.941. The quantitative estimate of drug-likeness (QED) is 0.855. The summed E-state index contributed by atoms with van der Waals surface area (Å²) in [5, 5.41) is 0. The van der Waals surface area contributed by atoms with Crippen molar-refractivity contribution in [3.8, 4) is 0 Å². The Bertz CT molecular complexity index is 434. The van der Waals surface area contributed by atoms with Gasteiger partial charge in [-0.15, -0.1) is 4.72 Å². The van der Waals surface area contributed by atoms with Crippen molar-refractivity contribution >= 4 is 11.4 Å². The maximum Gasteiger partial charge on any atom is 0.266 e. The molecule has 0 aliphatic heterocycles. The molecule has 0 spiro atoms. The summed E-state index contributed by atoms with van der Waals surface area (Å²) >= 11 is -1.40. The molecule has 0 fully saturated rings. The number of rotatable bonds is 4. The van der Waals surface area contributed by atoms with Crippen molar-refractivity contribution < 1.29 is 17.7 Å². The van der Waals surface area contributed by atoms with Crippen LogP contribution in [0.1, 0.15) is 51.3 Å². The zero-order valence-corrected chi connectivity index (χ0v) is 12.2. The molecular formula is C13H18F3NOS. The summed E-state index contributed by atoms with van der Waals surface area (Å²) in [7, 11) is 0. The standard InChI is InChI=1S/C13H18F3NOS/c1-8(17-19(18)13(2,3)4)9-6-5-7-10(11(9)14)12(15)16/h5-8,12,17H,1-4H3/t8-,19+/m1/s1. The predicted octanol–water partition coefficient (Wildman–Crippen LogP) is 3.88. The molecule has 0 saturated carbocycles. The van der Waals surface area contributed by atoms with Gasteiger partial charge in [-0.2, -0.15) is 0 Å². The van der Waals surface area contributed by atoms with Crippen LogP contribution in [-0.2, 0) is 11.4 Å². The van der Waals surface area contributed by atoms with Crippen LogP contribution in [0.25, 0.3) is 0 Å². The summed E-state index contributed by atoms with van der Waals surface area (Å²) in [6.07, 6.45) is -2.86. The van der Waals surface area contributed by atoms with Crippen molar-refractivity contribution in [2.75, 3.05) is 0 Å². The Balaban J connectivity index is 2.95. The molecule has 0 unspecified atom stereocenters. The minimum atomic E-state index is -2.86. The largest absolute Gasteiger partial charge is 0.598 e. The minimum Gasteiger partial charge on any atom is -0.598 e. The van der Waals surface area contributed by atoms with Crippen LogP contribution in [-0.4, -0.2) is 9.30 Å². The van der Waals surface area contributed by atoms with Crippen molar-refractivity contribution in [2.45, 2.75) is 44.9 Å². The lowest BCUT2D eigenvalue weighted by atomic mass is 10.0.